The van der Waals surface area contributed by atoms with Crippen molar-refractivity contribution in [2.75, 3.05) is 38.7 Å². The summed E-state index contributed by atoms with van der Waals surface area (Å²) in [5, 5.41) is 0. The first kappa shape index (κ1) is 19.8. The largest absolute Gasteiger partial charge is 0.213 e. The second kappa shape index (κ2) is 8.31. The molecule has 20 heavy (non-hydrogen) atoms. The highest BCUT2D eigenvalue weighted by atomic mass is 32.2. The fraction of sp³-hybridized carbons (Fsp3) is 1.00. The van der Waals surface area contributed by atoms with Gasteiger partial charge >= 0.3 is 0 Å². The summed E-state index contributed by atoms with van der Waals surface area (Å²) in [6, 6.07) is 0. The van der Waals surface area contributed by atoms with Gasteiger partial charge in [-0.05, 0) is 25.7 Å². The molecule has 2 rings (SSSR count). The zero-order chi connectivity index (χ0) is 14.5. The molecule has 122 valence electrons. The molecule has 0 aromatic heterocycles. The van der Waals surface area contributed by atoms with Gasteiger partial charge in [0.25, 0.3) is 0 Å². The molecule has 8 heteroatoms. The third kappa shape index (κ3) is 7.01. The zero-order valence-electron chi connectivity index (χ0n) is 11.7. The Morgan fingerprint density at radius 2 is 0.850 bits per heavy atom. The lowest BCUT2D eigenvalue weighted by Gasteiger charge is -2.23. The van der Waals surface area contributed by atoms with E-state index in [1.54, 1.807) is 4.31 Å². The minimum Gasteiger partial charge on any atom is -0.213 e. The van der Waals surface area contributed by atoms with Gasteiger partial charge in [0.05, 0.1) is 12.5 Å². The van der Waals surface area contributed by atoms with Crippen molar-refractivity contribution in [2.45, 2.75) is 39.5 Å². The third-order valence-corrected chi connectivity index (χ3v) is 5.92. The normalized spacial score (nSPS) is 21.7. The van der Waals surface area contributed by atoms with Crippen LogP contribution in [0.2, 0.25) is 0 Å². The number of nitrogens with zero attached hydrogens (tertiary/aromatic N) is 2. The highest BCUT2D eigenvalue weighted by molar-refractivity contribution is 7.88. The van der Waals surface area contributed by atoms with E-state index < -0.39 is 20.0 Å². The lowest BCUT2D eigenvalue weighted by atomic mass is 10.2. The molecule has 2 aliphatic rings. The highest BCUT2D eigenvalue weighted by Gasteiger charge is 2.20. The predicted octanol–water partition coefficient (Wildman–Crippen LogP) is 1.11. The van der Waals surface area contributed by atoms with Gasteiger partial charge in [0.2, 0.25) is 20.0 Å². The molecule has 0 saturated carbocycles. The number of hydrogen-bond donors (Lipinski definition) is 0. The van der Waals surface area contributed by atoms with Crippen LogP contribution >= 0.6 is 0 Å². The summed E-state index contributed by atoms with van der Waals surface area (Å²) in [4.78, 5) is 0. The van der Waals surface area contributed by atoms with Gasteiger partial charge in [-0.15, -0.1) is 0 Å². The third-order valence-electron chi connectivity index (χ3n) is 3.32. The van der Waals surface area contributed by atoms with Gasteiger partial charge in [-0.2, -0.15) is 0 Å². The van der Waals surface area contributed by atoms with Crippen LogP contribution in [0.25, 0.3) is 0 Å². The molecule has 2 heterocycles. The molecule has 2 aliphatic heterocycles. The second-order valence-electron chi connectivity index (χ2n) is 5.09. The molecule has 0 spiro atoms. The van der Waals surface area contributed by atoms with Crippen molar-refractivity contribution in [3.8, 4) is 0 Å². The van der Waals surface area contributed by atoms with Crippen LogP contribution in [-0.2, 0) is 20.0 Å². The van der Waals surface area contributed by atoms with Crippen molar-refractivity contribution in [3.05, 3.63) is 0 Å². The predicted molar refractivity (Wildman–Crippen MR) is 82.6 cm³/mol. The molecule has 0 aromatic carbocycles. The molecule has 0 N–H and O–H groups in total. The highest BCUT2D eigenvalue weighted by Crippen LogP contribution is 2.11. The fourth-order valence-electron chi connectivity index (χ4n) is 2.22. The van der Waals surface area contributed by atoms with Gasteiger partial charge in [0.1, 0.15) is 0 Å². The SMILES string of the molecule is C.CS(=O)(=O)N1CCCC1.CS(=O)(=O)N1CCCCC1. The van der Waals surface area contributed by atoms with Crippen LogP contribution in [0, 0.1) is 0 Å². The second-order valence-corrected chi connectivity index (χ2v) is 9.06. The minimum atomic E-state index is -2.89. The van der Waals surface area contributed by atoms with Gasteiger partial charge in [0.15, 0.2) is 0 Å². The van der Waals surface area contributed by atoms with Crippen LogP contribution in [0.1, 0.15) is 39.5 Å². The Balaban J connectivity index is 0.000000345. The van der Waals surface area contributed by atoms with Gasteiger partial charge in [-0.25, -0.2) is 25.4 Å². The number of piperidine rings is 1. The Morgan fingerprint density at radius 3 is 1.05 bits per heavy atom. The maximum absolute atomic E-state index is 10.9. The summed E-state index contributed by atoms with van der Waals surface area (Å²) < 4.78 is 46.4. The van der Waals surface area contributed by atoms with E-state index >= 15 is 0 Å². The minimum absolute atomic E-state index is 0. The van der Waals surface area contributed by atoms with Gasteiger partial charge in [-0.3, -0.25) is 0 Å². The summed E-state index contributed by atoms with van der Waals surface area (Å²) in [6.07, 6.45) is 7.79. The Kier molecular flexibility index (Phi) is 8.23. The van der Waals surface area contributed by atoms with Gasteiger partial charge in [-0.1, -0.05) is 13.8 Å². The molecule has 0 aliphatic carbocycles. The summed E-state index contributed by atoms with van der Waals surface area (Å²) in [7, 11) is -5.76. The topological polar surface area (TPSA) is 74.8 Å². The van der Waals surface area contributed by atoms with Crippen LogP contribution in [0.5, 0.6) is 0 Å². The van der Waals surface area contributed by atoms with E-state index in [2.05, 4.69) is 0 Å². The number of hydrogen-bond acceptors (Lipinski definition) is 4. The van der Waals surface area contributed by atoms with Crippen molar-refractivity contribution in [2.24, 2.45) is 0 Å². The first-order valence-corrected chi connectivity index (χ1v) is 10.3. The van der Waals surface area contributed by atoms with Gasteiger partial charge in [0, 0.05) is 26.2 Å². The summed E-state index contributed by atoms with van der Waals surface area (Å²) in [5.74, 6) is 0. The zero-order valence-corrected chi connectivity index (χ0v) is 13.3. The summed E-state index contributed by atoms with van der Waals surface area (Å²) >= 11 is 0. The average molecular weight is 329 g/mol. The molecular formula is C12H28N2O4S2. The quantitative estimate of drug-likeness (QED) is 0.761. The maximum atomic E-state index is 10.9. The van der Waals surface area contributed by atoms with E-state index in [0.29, 0.717) is 0 Å². The van der Waals surface area contributed by atoms with E-state index in [-0.39, 0.29) is 7.43 Å². The van der Waals surface area contributed by atoms with Crippen LogP contribution in [-0.4, -0.2) is 64.1 Å². The number of sulfonamides is 2. The van der Waals surface area contributed by atoms with Crippen LogP contribution < -0.4 is 0 Å². The summed E-state index contributed by atoms with van der Waals surface area (Å²) in [5.41, 5.74) is 0. The smallest absolute Gasteiger partial charge is 0.211 e. The lowest BCUT2D eigenvalue weighted by molar-refractivity contribution is 0.349. The van der Waals surface area contributed by atoms with E-state index in [4.69, 9.17) is 0 Å². The fourth-order valence-corrected chi connectivity index (χ4v) is 4.06. The standard InChI is InChI=1S/C6H13NO2S.C5H11NO2S.CH4/c1-10(8,9)7-5-3-2-4-6-7;1-9(7,8)6-4-2-3-5-6;/h2-6H2,1H3;2-5H2,1H3;1H4. The summed E-state index contributed by atoms with van der Waals surface area (Å²) in [6.45, 7) is 2.88. The molecule has 0 unspecified atom stereocenters. The van der Waals surface area contributed by atoms with E-state index in [0.717, 1.165) is 51.9 Å². The Labute approximate surface area is 124 Å². The van der Waals surface area contributed by atoms with Crippen LogP contribution in [0.3, 0.4) is 0 Å². The number of rotatable bonds is 2. The molecular weight excluding hydrogens is 300 g/mol. The van der Waals surface area contributed by atoms with Crippen molar-refractivity contribution < 1.29 is 16.8 Å². The first-order chi connectivity index (χ1) is 8.71. The molecule has 0 amide bonds. The Morgan fingerprint density at radius 1 is 0.600 bits per heavy atom. The van der Waals surface area contributed by atoms with Crippen LogP contribution in [0.4, 0.5) is 0 Å². The lowest BCUT2D eigenvalue weighted by Crippen LogP contribution is -2.34. The maximum Gasteiger partial charge on any atom is 0.211 e. The monoisotopic (exact) mass is 328 g/mol. The van der Waals surface area contributed by atoms with E-state index in [1.165, 1.54) is 23.2 Å². The molecule has 2 saturated heterocycles. The van der Waals surface area contributed by atoms with Crippen molar-refractivity contribution >= 4 is 20.0 Å². The van der Waals surface area contributed by atoms with E-state index in [1.807, 2.05) is 0 Å². The average Bonchev–Trinajstić information content (AvgIpc) is 2.83. The van der Waals surface area contributed by atoms with Crippen LogP contribution in [0.15, 0.2) is 0 Å². The Hall–Kier alpha value is -0.180. The molecule has 0 radical (unpaired) electrons. The Bertz CT molecular complexity index is 462. The molecule has 6 nitrogen and oxygen atoms in total. The van der Waals surface area contributed by atoms with E-state index in [9.17, 15) is 16.8 Å². The van der Waals surface area contributed by atoms with Gasteiger partial charge < -0.3 is 0 Å². The van der Waals surface area contributed by atoms with Crippen molar-refractivity contribution in [1.29, 1.82) is 0 Å². The first-order valence-electron chi connectivity index (χ1n) is 6.61. The molecule has 0 atom stereocenters. The molecule has 0 aromatic rings. The van der Waals surface area contributed by atoms with Crippen molar-refractivity contribution in [3.63, 3.8) is 0 Å². The molecule has 2 fully saturated rings. The molecule has 0 bridgehead atoms. The van der Waals surface area contributed by atoms with Crippen molar-refractivity contribution in [1.82, 2.24) is 8.61 Å².